The molecular weight excluding hydrogens is 292 g/mol. The van der Waals surface area contributed by atoms with E-state index >= 15 is 0 Å². The minimum Gasteiger partial charge on any atom is -0.456 e. The van der Waals surface area contributed by atoms with E-state index in [4.69, 9.17) is 9.47 Å². The zero-order valence-electron chi connectivity index (χ0n) is 14.1. The Kier molecular flexibility index (Phi) is 4.79. The first-order valence-electron chi connectivity index (χ1n) is 9.08. The summed E-state index contributed by atoms with van der Waals surface area (Å²) < 4.78 is 10.9. The van der Waals surface area contributed by atoms with Crippen molar-refractivity contribution in [2.75, 3.05) is 6.61 Å². The molecule has 128 valence electrons. The summed E-state index contributed by atoms with van der Waals surface area (Å²) in [5.74, 6) is 1.71. The molecule has 4 fully saturated rings. The summed E-state index contributed by atoms with van der Waals surface area (Å²) in [6.07, 6.45) is 10.4. The average Bonchev–Trinajstić information content (AvgIpc) is 2.54. The summed E-state index contributed by atoms with van der Waals surface area (Å²) >= 11 is 0. The smallest absolute Gasteiger partial charge is 0.344 e. The van der Waals surface area contributed by atoms with Crippen LogP contribution in [0.1, 0.15) is 58.3 Å². The van der Waals surface area contributed by atoms with Gasteiger partial charge in [-0.2, -0.15) is 0 Å². The van der Waals surface area contributed by atoms with Gasteiger partial charge in [-0.1, -0.05) is 19.9 Å². The van der Waals surface area contributed by atoms with Gasteiger partial charge in [0.2, 0.25) is 0 Å². The second-order valence-corrected chi connectivity index (χ2v) is 7.65. The van der Waals surface area contributed by atoms with E-state index in [1.54, 1.807) is 0 Å². The number of hydrogen-bond acceptors (Lipinski definition) is 4. The van der Waals surface area contributed by atoms with Crippen molar-refractivity contribution in [1.82, 2.24) is 0 Å². The van der Waals surface area contributed by atoms with E-state index in [1.165, 1.54) is 32.1 Å². The maximum atomic E-state index is 12.3. The van der Waals surface area contributed by atoms with Crippen molar-refractivity contribution < 1.29 is 19.1 Å². The Labute approximate surface area is 138 Å². The van der Waals surface area contributed by atoms with Gasteiger partial charge in [0.25, 0.3) is 0 Å². The van der Waals surface area contributed by atoms with Crippen LogP contribution in [0.15, 0.2) is 12.7 Å². The molecule has 0 radical (unpaired) electrons. The van der Waals surface area contributed by atoms with Crippen LogP contribution in [0.2, 0.25) is 0 Å². The topological polar surface area (TPSA) is 52.6 Å². The van der Waals surface area contributed by atoms with Gasteiger partial charge in [-0.05, 0) is 68.6 Å². The number of esters is 2. The second kappa shape index (κ2) is 6.66. The van der Waals surface area contributed by atoms with Gasteiger partial charge >= 0.3 is 11.9 Å². The third-order valence-electron chi connectivity index (χ3n) is 6.24. The highest BCUT2D eigenvalue weighted by atomic mass is 16.6. The maximum Gasteiger partial charge on any atom is 0.344 e. The van der Waals surface area contributed by atoms with Crippen LogP contribution in [0, 0.1) is 23.7 Å². The first-order valence-corrected chi connectivity index (χ1v) is 9.08. The summed E-state index contributed by atoms with van der Waals surface area (Å²) in [5, 5.41) is 0. The molecule has 4 aliphatic carbocycles. The summed E-state index contributed by atoms with van der Waals surface area (Å²) in [4.78, 5) is 23.4. The van der Waals surface area contributed by atoms with E-state index in [2.05, 4.69) is 13.5 Å². The van der Waals surface area contributed by atoms with Crippen LogP contribution in [0.4, 0.5) is 0 Å². The van der Waals surface area contributed by atoms with Crippen LogP contribution in [0.3, 0.4) is 0 Å². The standard InChI is InChI=1S/C19H28O4/c1-3-5-6-19(23-18(21)12-22-17(20)4-2)15-8-13-7-14(10-15)11-16(19)9-13/h4,13-16H,2-3,5-12H2,1H3. The van der Waals surface area contributed by atoms with Crippen molar-refractivity contribution in [1.29, 1.82) is 0 Å². The van der Waals surface area contributed by atoms with E-state index in [1.807, 2.05) is 0 Å². The molecule has 4 aliphatic rings. The Hall–Kier alpha value is -1.32. The Morgan fingerprint density at radius 1 is 1.13 bits per heavy atom. The van der Waals surface area contributed by atoms with Gasteiger partial charge in [0.15, 0.2) is 6.61 Å². The second-order valence-electron chi connectivity index (χ2n) is 7.65. The molecule has 4 nitrogen and oxygen atoms in total. The summed E-state index contributed by atoms with van der Waals surface area (Å²) in [7, 11) is 0. The van der Waals surface area contributed by atoms with Gasteiger partial charge in [0.05, 0.1) is 0 Å². The predicted octanol–water partition coefficient (Wildman–Crippen LogP) is 3.64. The SMILES string of the molecule is C=CC(=O)OCC(=O)OC1(CCCC)C2CC3CC(C2)CC1C3. The molecule has 0 aromatic heterocycles. The molecule has 0 N–H and O–H groups in total. The molecule has 0 saturated heterocycles. The van der Waals surface area contributed by atoms with E-state index in [0.717, 1.165) is 37.2 Å². The predicted molar refractivity (Wildman–Crippen MR) is 86.5 cm³/mol. The number of unbranched alkanes of at least 4 members (excludes halogenated alkanes) is 1. The largest absolute Gasteiger partial charge is 0.456 e. The quantitative estimate of drug-likeness (QED) is 0.531. The number of rotatable bonds is 7. The molecule has 0 spiro atoms. The molecule has 0 unspecified atom stereocenters. The molecule has 0 aromatic carbocycles. The van der Waals surface area contributed by atoms with Gasteiger partial charge in [-0.3, -0.25) is 0 Å². The molecule has 0 aromatic rings. The molecule has 4 rings (SSSR count). The maximum absolute atomic E-state index is 12.3. The molecule has 0 atom stereocenters. The lowest BCUT2D eigenvalue weighted by Gasteiger charge is -2.60. The highest BCUT2D eigenvalue weighted by Gasteiger charge is 2.59. The molecule has 4 heteroatoms. The van der Waals surface area contributed by atoms with Crippen molar-refractivity contribution in [3.05, 3.63) is 12.7 Å². The summed E-state index contributed by atoms with van der Waals surface area (Å²) in [6.45, 7) is 5.22. The van der Waals surface area contributed by atoms with Gasteiger partial charge in [-0.15, -0.1) is 0 Å². The van der Waals surface area contributed by atoms with Crippen molar-refractivity contribution in [3.63, 3.8) is 0 Å². The van der Waals surface area contributed by atoms with Crippen molar-refractivity contribution in [2.24, 2.45) is 23.7 Å². The first kappa shape index (κ1) is 16.5. The van der Waals surface area contributed by atoms with E-state index < -0.39 is 11.9 Å². The van der Waals surface area contributed by atoms with Crippen LogP contribution in [-0.2, 0) is 19.1 Å². The average molecular weight is 320 g/mol. The normalized spacial score (nSPS) is 37.4. The fourth-order valence-electron chi connectivity index (χ4n) is 5.49. The molecular formula is C19H28O4. The molecule has 23 heavy (non-hydrogen) atoms. The number of carbonyl (C=O) groups excluding carboxylic acids is 2. The zero-order chi connectivity index (χ0) is 16.4. The molecule has 4 bridgehead atoms. The molecule has 0 amide bonds. The third-order valence-corrected chi connectivity index (χ3v) is 6.24. The number of hydrogen-bond donors (Lipinski definition) is 0. The molecule has 4 saturated carbocycles. The van der Waals surface area contributed by atoms with Crippen LogP contribution < -0.4 is 0 Å². The lowest BCUT2D eigenvalue weighted by Crippen LogP contribution is -2.59. The van der Waals surface area contributed by atoms with Crippen molar-refractivity contribution in [3.8, 4) is 0 Å². The van der Waals surface area contributed by atoms with Crippen LogP contribution >= 0.6 is 0 Å². The van der Waals surface area contributed by atoms with E-state index in [-0.39, 0.29) is 12.2 Å². The van der Waals surface area contributed by atoms with E-state index in [0.29, 0.717) is 11.8 Å². The number of carbonyl (C=O) groups is 2. The Morgan fingerprint density at radius 3 is 2.26 bits per heavy atom. The molecule has 0 aliphatic heterocycles. The van der Waals surface area contributed by atoms with E-state index in [9.17, 15) is 9.59 Å². The van der Waals surface area contributed by atoms with Gasteiger partial charge in [0.1, 0.15) is 5.60 Å². The Balaban J connectivity index is 1.71. The van der Waals surface area contributed by atoms with Crippen molar-refractivity contribution in [2.45, 2.75) is 63.9 Å². The van der Waals surface area contributed by atoms with Crippen LogP contribution in [0.25, 0.3) is 0 Å². The third kappa shape index (κ3) is 3.17. The minimum atomic E-state index is -0.574. The zero-order valence-corrected chi connectivity index (χ0v) is 14.1. The lowest BCUT2D eigenvalue weighted by molar-refractivity contribution is -0.215. The monoisotopic (exact) mass is 320 g/mol. The minimum absolute atomic E-state index is 0.301. The van der Waals surface area contributed by atoms with Crippen LogP contribution in [-0.4, -0.2) is 24.1 Å². The highest BCUT2D eigenvalue weighted by molar-refractivity contribution is 5.83. The van der Waals surface area contributed by atoms with Gasteiger partial charge in [-0.25, -0.2) is 9.59 Å². The summed E-state index contributed by atoms with van der Waals surface area (Å²) in [5.41, 5.74) is -0.304. The lowest BCUT2D eigenvalue weighted by atomic mass is 9.49. The van der Waals surface area contributed by atoms with Crippen molar-refractivity contribution >= 4 is 11.9 Å². The molecule has 0 heterocycles. The summed E-state index contributed by atoms with van der Waals surface area (Å²) in [6, 6.07) is 0. The van der Waals surface area contributed by atoms with Crippen LogP contribution in [0.5, 0.6) is 0 Å². The highest BCUT2D eigenvalue weighted by Crippen LogP contribution is 2.61. The number of ether oxygens (including phenoxy) is 2. The van der Waals surface area contributed by atoms with Gasteiger partial charge < -0.3 is 9.47 Å². The Morgan fingerprint density at radius 2 is 1.74 bits per heavy atom. The first-order chi connectivity index (χ1) is 11.1. The van der Waals surface area contributed by atoms with Gasteiger partial charge in [0, 0.05) is 6.08 Å². The fraction of sp³-hybridized carbons (Fsp3) is 0.789. The Bertz CT molecular complexity index is 454. The fourth-order valence-corrected chi connectivity index (χ4v) is 5.49.